The van der Waals surface area contributed by atoms with Crippen LogP contribution in [0, 0.1) is 0 Å². The SMILES string of the molecule is Cn1ncc(CNS(=O)(=O)N2CCCCCC2)c1N. The molecule has 0 spiro atoms. The molecular weight excluding hydrogens is 266 g/mol. The number of nitrogens with zero attached hydrogens (tertiary/aromatic N) is 3. The first-order valence-corrected chi connectivity index (χ1v) is 7.96. The van der Waals surface area contributed by atoms with Gasteiger partial charge in [-0.3, -0.25) is 4.68 Å². The van der Waals surface area contributed by atoms with Gasteiger partial charge in [0.25, 0.3) is 10.2 Å². The van der Waals surface area contributed by atoms with Gasteiger partial charge in [0.15, 0.2) is 0 Å². The van der Waals surface area contributed by atoms with Gasteiger partial charge >= 0.3 is 0 Å². The number of anilines is 1. The highest BCUT2D eigenvalue weighted by molar-refractivity contribution is 7.87. The fraction of sp³-hybridized carbons (Fsp3) is 0.727. The van der Waals surface area contributed by atoms with E-state index in [0.717, 1.165) is 25.7 Å². The third-order valence-electron chi connectivity index (χ3n) is 3.41. The fourth-order valence-electron chi connectivity index (χ4n) is 2.17. The van der Waals surface area contributed by atoms with Gasteiger partial charge in [-0.15, -0.1) is 0 Å². The Morgan fingerprint density at radius 3 is 2.47 bits per heavy atom. The van der Waals surface area contributed by atoms with Crippen molar-refractivity contribution in [3.63, 3.8) is 0 Å². The first kappa shape index (κ1) is 14.3. The molecule has 0 aliphatic carbocycles. The molecule has 0 unspecified atom stereocenters. The van der Waals surface area contributed by atoms with Gasteiger partial charge in [-0.05, 0) is 12.8 Å². The van der Waals surface area contributed by atoms with Gasteiger partial charge in [-0.1, -0.05) is 12.8 Å². The van der Waals surface area contributed by atoms with Crippen molar-refractivity contribution in [3.8, 4) is 0 Å². The van der Waals surface area contributed by atoms with Gasteiger partial charge < -0.3 is 5.73 Å². The monoisotopic (exact) mass is 287 g/mol. The number of aryl methyl sites for hydroxylation is 1. The standard InChI is InChI=1S/C11H21N5O2S/c1-15-11(12)10(8-13-15)9-14-19(17,18)16-6-4-2-3-5-7-16/h8,14H,2-7,9,12H2,1H3. The molecule has 108 valence electrons. The number of aromatic nitrogens is 2. The second kappa shape index (κ2) is 5.89. The Hall–Kier alpha value is -1.12. The Balaban J connectivity index is 1.99. The maximum absolute atomic E-state index is 12.2. The van der Waals surface area contributed by atoms with Crippen LogP contribution in [0.25, 0.3) is 0 Å². The third kappa shape index (κ3) is 3.46. The summed E-state index contributed by atoms with van der Waals surface area (Å²) in [5, 5.41) is 3.99. The molecule has 2 rings (SSSR count). The van der Waals surface area contributed by atoms with Crippen LogP contribution in [0.1, 0.15) is 31.2 Å². The average molecular weight is 287 g/mol. The van der Waals surface area contributed by atoms with Crippen molar-refractivity contribution in [2.75, 3.05) is 18.8 Å². The van der Waals surface area contributed by atoms with E-state index in [0.29, 0.717) is 24.5 Å². The molecule has 1 aromatic heterocycles. The van der Waals surface area contributed by atoms with Gasteiger partial charge in [0, 0.05) is 32.2 Å². The van der Waals surface area contributed by atoms with Crippen molar-refractivity contribution < 1.29 is 8.42 Å². The van der Waals surface area contributed by atoms with E-state index in [-0.39, 0.29) is 6.54 Å². The van der Waals surface area contributed by atoms with Crippen LogP contribution in [-0.4, -0.2) is 35.6 Å². The Kier molecular flexibility index (Phi) is 4.43. The molecule has 8 heteroatoms. The molecule has 1 fully saturated rings. The maximum Gasteiger partial charge on any atom is 0.279 e. The van der Waals surface area contributed by atoms with Crippen LogP contribution >= 0.6 is 0 Å². The predicted octanol–water partition coefficient (Wildman–Crippen LogP) is 0.213. The normalized spacial score (nSPS) is 18.4. The van der Waals surface area contributed by atoms with E-state index < -0.39 is 10.2 Å². The molecule has 0 saturated carbocycles. The van der Waals surface area contributed by atoms with Crippen LogP contribution in [0.4, 0.5) is 5.82 Å². The molecule has 3 N–H and O–H groups in total. The molecule has 1 aliphatic heterocycles. The highest BCUT2D eigenvalue weighted by Crippen LogP contribution is 2.14. The van der Waals surface area contributed by atoms with Gasteiger partial charge in [0.1, 0.15) is 5.82 Å². The van der Waals surface area contributed by atoms with Crippen molar-refractivity contribution in [2.45, 2.75) is 32.2 Å². The van der Waals surface area contributed by atoms with Gasteiger partial charge in [-0.2, -0.15) is 22.5 Å². The van der Waals surface area contributed by atoms with E-state index in [1.54, 1.807) is 13.2 Å². The molecule has 0 atom stereocenters. The predicted molar refractivity (Wildman–Crippen MR) is 73.4 cm³/mol. The zero-order valence-electron chi connectivity index (χ0n) is 11.2. The van der Waals surface area contributed by atoms with E-state index in [1.807, 2.05) is 0 Å². The molecule has 0 amide bonds. The minimum absolute atomic E-state index is 0.179. The van der Waals surface area contributed by atoms with Crippen molar-refractivity contribution in [3.05, 3.63) is 11.8 Å². The Bertz CT molecular complexity index is 517. The van der Waals surface area contributed by atoms with E-state index in [4.69, 9.17) is 5.73 Å². The van der Waals surface area contributed by atoms with E-state index in [1.165, 1.54) is 8.99 Å². The zero-order chi connectivity index (χ0) is 13.9. The molecule has 1 aliphatic rings. The lowest BCUT2D eigenvalue weighted by molar-refractivity contribution is 0.414. The summed E-state index contributed by atoms with van der Waals surface area (Å²) in [7, 11) is -1.70. The quantitative estimate of drug-likeness (QED) is 0.828. The van der Waals surface area contributed by atoms with Gasteiger partial charge in [-0.25, -0.2) is 0 Å². The number of rotatable bonds is 4. The van der Waals surface area contributed by atoms with Crippen LogP contribution in [-0.2, 0) is 23.8 Å². The molecule has 1 aromatic rings. The van der Waals surface area contributed by atoms with Crippen LogP contribution in [0.15, 0.2) is 6.20 Å². The van der Waals surface area contributed by atoms with Crippen molar-refractivity contribution in [1.29, 1.82) is 0 Å². The summed E-state index contributed by atoms with van der Waals surface area (Å²) in [6, 6.07) is 0. The summed E-state index contributed by atoms with van der Waals surface area (Å²) < 4.78 is 30.0. The van der Waals surface area contributed by atoms with Crippen molar-refractivity contribution >= 4 is 16.0 Å². The van der Waals surface area contributed by atoms with Crippen molar-refractivity contribution in [2.24, 2.45) is 7.05 Å². The number of nitrogens with two attached hydrogens (primary N) is 1. The smallest absolute Gasteiger partial charge is 0.279 e. The van der Waals surface area contributed by atoms with Gasteiger partial charge in [0.05, 0.1) is 6.20 Å². The highest BCUT2D eigenvalue weighted by atomic mass is 32.2. The largest absolute Gasteiger partial charge is 0.384 e. The summed E-state index contributed by atoms with van der Waals surface area (Å²) in [6.45, 7) is 1.37. The zero-order valence-corrected chi connectivity index (χ0v) is 12.0. The van der Waals surface area contributed by atoms with E-state index in [2.05, 4.69) is 9.82 Å². The lowest BCUT2D eigenvalue weighted by Gasteiger charge is -2.20. The highest BCUT2D eigenvalue weighted by Gasteiger charge is 2.22. The lowest BCUT2D eigenvalue weighted by atomic mass is 10.2. The van der Waals surface area contributed by atoms with Crippen molar-refractivity contribution in [1.82, 2.24) is 18.8 Å². The van der Waals surface area contributed by atoms with Crippen LogP contribution in [0.2, 0.25) is 0 Å². The Morgan fingerprint density at radius 2 is 1.95 bits per heavy atom. The van der Waals surface area contributed by atoms with Crippen LogP contribution in [0.5, 0.6) is 0 Å². The second-order valence-electron chi connectivity index (χ2n) is 4.82. The first-order valence-electron chi connectivity index (χ1n) is 6.52. The summed E-state index contributed by atoms with van der Waals surface area (Å²) in [4.78, 5) is 0. The van der Waals surface area contributed by atoms with Gasteiger partial charge in [0.2, 0.25) is 0 Å². The van der Waals surface area contributed by atoms with E-state index in [9.17, 15) is 8.42 Å². The minimum Gasteiger partial charge on any atom is -0.384 e. The summed E-state index contributed by atoms with van der Waals surface area (Å²) in [5.41, 5.74) is 6.48. The molecule has 7 nitrogen and oxygen atoms in total. The first-order chi connectivity index (χ1) is 9.00. The molecule has 0 radical (unpaired) electrons. The molecule has 0 aromatic carbocycles. The average Bonchev–Trinajstić information content (AvgIpc) is 2.63. The molecule has 1 saturated heterocycles. The molecular formula is C11H21N5O2S. The van der Waals surface area contributed by atoms with E-state index >= 15 is 0 Å². The Morgan fingerprint density at radius 1 is 1.32 bits per heavy atom. The number of hydrogen-bond donors (Lipinski definition) is 2. The minimum atomic E-state index is -3.42. The molecule has 19 heavy (non-hydrogen) atoms. The van der Waals surface area contributed by atoms with Crippen LogP contribution in [0.3, 0.4) is 0 Å². The summed E-state index contributed by atoms with van der Waals surface area (Å²) in [5.74, 6) is 0.485. The molecule has 2 heterocycles. The van der Waals surface area contributed by atoms with Crippen LogP contribution < -0.4 is 10.5 Å². The lowest BCUT2D eigenvalue weighted by Crippen LogP contribution is -2.40. The number of nitrogens with one attached hydrogen (secondary N) is 1. The maximum atomic E-state index is 12.2. The topological polar surface area (TPSA) is 93.2 Å². The number of nitrogen functional groups attached to an aromatic ring is 1. The summed E-state index contributed by atoms with van der Waals surface area (Å²) >= 11 is 0. The third-order valence-corrected chi connectivity index (χ3v) is 4.97. The Labute approximate surface area is 113 Å². The second-order valence-corrected chi connectivity index (χ2v) is 6.57. The number of hydrogen-bond acceptors (Lipinski definition) is 4. The fourth-order valence-corrected chi connectivity index (χ4v) is 3.43. The molecule has 0 bridgehead atoms. The summed E-state index contributed by atoms with van der Waals surface area (Å²) in [6.07, 6.45) is 5.63.